The number of nitrogens with zero attached hydrogens (tertiary/aromatic N) is 4. The topological polar surface area (TPSA) is 76.8 Å². The summed E-state index contributed by atoms with van der Waals surface area (Å²) in [5.41, 5.74) is 3.93. The van der Waals surface area contributed by atoms with Gasteiger partial charge in [-0.15, -0.1) is 29.5 Å². The maximum Gasteiger partial charge on any atom is 0.414 e. The molecule has 0 unspecified atom stereocenters. The predicted molar refractivity (Wildman–Crippen MR) is 135 cm³/mol. The highest BCUT2D eigenvalue weighted by Gasteiger charge is 2.21. The van der Waals surface area contributed by atoms with Crippen LogP contribution >= 0.6 is 22.9 Å². The van der Waals surface area contributed by atoms with Crippen molar-refractivity contribution in [1.82, 2.24) is 14.6 Å². The number of rotatable bonds is 9. The highest BCUT2D eigenvalue weighted by atomic mass is 35.5. The normalized spacial score (nSPS) is 10.9. The van der Waals surface area contributed by atoms with Crippen LogP contribution in [0.3, 0.4) is 0 Å². The van der Waals surface area contributed by atoms with Crippen molar-refractivity contribution in [3.05, 3.63) is 82.8 Å². The number of carbonyl (C=O) groups excluding carboxylic acids is 2. The van der Waals surface area contributed by atoms with Crippen LogP contribution in [0.5, 0.6) is 0 Å². The molecule has 3 heterocycles. The molecule has 0 fully saturated rings. The van der Waals surface area contributed by atoms with Crippen LogP contribution in [0, 0.1) is 6.92 Å². The Balaban J connectivity index is 1.76. The molecular weight excluding hydrogens is 472 g/mol. The number of thiophene rings is 1. The van der Waals surface area contributed by atoms with Gasteiger partial charge in [0, 0.05) is 23.5 Å². The fourth-order valence-corrected chi connectivity index (χ4v) is 4.33. The molecule has 4 rings (SSSR count). The van der Waals surface area contributed by atoms with Gasteiger partial charge in [0.05, 0.1) is 28.2 Å². The molecule has 174 valence electrons. The largest absolute Gasteiger partial charge is 0.448 e. The van der Waals surface area contributed by atoms with Gasteiger partial charge in [-0.2, -0.15) is 5.10 Å². The minimum atomic E-state index is -0.473. The summed E-state index contributed by atoms with van der Waals surface area (Å²) >= 11 is 7.07. The van der Waals surface area contributed by atoms with Crippen LogP contribution in [0.25, 0.3) is 16.9 Å². The van der Waals surface area contributed by atoms with Gasteiger partial charge in [-0.05, 0) is 43.0 Å². The van der Waals surface area contributed by atoms with E-state index in [9.17, 15) is 9.59 Å². The molecule has 7 nitrogen and oxygen atoms in total. The van der Waals surface area contributed by atoms with Crippen molar-refractivity contribution in [3.63, 3.8) is 0 Å². The Morgan fingerprint density at radius 2 is 2.12 bits per heavy atom. The maximum absolute atomic E-state index is 13.0. The Hall–Kier alpha value is -3.49. The van der Waals surface area contributed by atoms with E-state index in [2.05, 4.69) is 16.7 Å². The number of amides is 1. The molecule has 0 atom stereocenters. The summed E-state index contributed by atoms with van der Waals surface area (Å²) in [7, 11) is 0. The molecule has 0 bridgehead atoms. The Morgan fingerprint density at radius 3 is 2.85 bits per heavy atom. The minimum Gasteiger partial charge on any atom is -0.448 e. The molecule has 0 aliphatic heterocycles. The standard InChI is InChI=1S/C25H23ClN4O3S/c1-3-4-11-29(25(32)33-12-10-26)19-8-5-7-18(15-19)21-14-17(2)28-24-20(16-27-30(21)24)23(31)22-9-6-13-34-22/h3,5-9,13-16H,1,4,10-12H2,2H3. The number of ketones is 1. The number of aromatic nitrogens is 3. The molecule has 0 aliphatic rings. The molecule has 4 aromatic rings. The van der Waals surface area contributed by atoms with Gasteiger partial charge in [0.15, 0.2) is 5.65 Å². The van der Waals surface area contributed by atoms with Gasteiger partial charge >= 0.3 is 6.09 Å². The van der Waals surface area contributed by atoms with Gasteiger partial charge in [-0.3, -0.25) is 9.69 Å². The molecule has 0 spiro atoms. The monoisotopic (exact) mass is 494 g/mol. The van der Waals surface area contributed by atoms with E-state index in [1.807, 2.05) is 48.7 Å². The zero-order chi connectivity index (χ0) is 24.1. The average Bonchev–Trinajstić information content (AvgIpc) is 3.53. The summed E-state index contributed by atoms with van der Waals surface area (Å²) in [4.78, 5) is 32.4. The molecule has 0 saturated heterocycles. The van der Waals surface area contributed by atoms with Crippen molar-refractivity contribution < 1.29 is 14.3 Å². The summed E-state index contributed by atoms with van der Waals surface area (Å²) in [6, 6.07) is 13.1. The van der Waals surface area contributed by atoms with Crippen LogP contribution in [0.2, 0.25) is 0 Å². The third-order valence-corrected chi connectivity index (χ3v) is 6.15. The first-order valence-electron chi connectivity index (χ1n) is 10.7. The highest BCUT2D eigenvalue weighted by Crippen LogP contribution is 2.28. The third-order valence-electron chi connectivity index (χ3n) is 5.12. The first-order chi connectivity index (χ1) is 16.5. The van der Waals surface area contributed by atoms with Crippen molar-refractivity contribution in [2.24, 2.45) is 0 Å². The van der Waals surface area contributed by atoms with Crippen molar-refractivity contribution in [1.29, 1.82) is 0 Å². The lowest BCUT2D eigenvalue weighted by atomic mass is 10.1. The first-order valence-corrected chi connectivity index (χ1v) is 12.1. The Labute approximate surface area is 206 Å². The molecule has 0 N–H and O–H groups in total. The quantitative estimate of drug-likeness (QED) is 0.168. The fourth-order valence-electron chi connectivity index (χ4n) is 3.57. The van der Waals surface area contributed by atoms with E-state index >= 15 is 0 Å². The first kappa shape index (κ1) is 23.7. The number of benzene rings is 1. The van der Waals surface area contributed by atoms with Crippen molar-refractivity contribution in [3.8, 4) is 11.3 Å². The molecular formula is C25H23ClN4O3S. The van der Waals surface area contributed by atoms with Crippen molar-refractivity contribution in [2.45, 2.75) is 13.3 Å². The molecule has 1 amide bonds. The molecule has 3 aromatic heterocycles. The van der Waals surface area contributed by atoms with Gasteiger partial charge in [-0.1, -0.05) is 24.3 Å². The molecule has 0 saturated carbocycles. The summed E-state index contributed by atoms with van der Waals surface area (Å²) in [5, 5.41) is 6.34. The fraction of sp³-hybridized carbons (Fsp3) is 0.200. The highest BCUT2D eigenvalue weighted by molar-refractivity contribution is 7.12. The van der Waals surface area contributed by atoms with Gasteiger partial charge < -0.3 is 4.74 Å². The SMILES string of the molecule is C=CCCN(C(=O)OCCCl)c1cccc(-c2cc(C)nc3c(C(=O)c4cccs4)cnn23)c1. The van der Waals surface area contributed by atoms with Gasteiger partial charge in [-0.25, -0.2) is 14.3 Å². The van der Waals surface area contributed by atoms with Crippen LogP contribution in [0.15, 0.2) is 66.7 Å². The van der Waals surface area contributed by atoms with E-state index in [-0.39, 0.29) is 18.3 Å². The molecule has 0 radical (unpaired) electrons. The Bertz CT molecular complexity index is 1330. The van der Waals surface area contributed by atoms with Crippen LogP contribution in [-0.4, -0.2) is 45.5 Å². The molecule has 0 aliphatic carbocycles. The summed E-state index contributed by atoms with van der Waals surface area (Å²) in [6.07, 6.45) is 3.43. The van der Waals surface area contributed by atoms with Crippen molar-refractivity contribution in [2.75, 3.05) is 23.9 Å². The van der Waals surface area contributed by atoms with Crippen LogP contribution in [-0.2, 0) is 4.74 Å². The summed E-state index contributed by atoms with van der Waals surface area (Å²) < 4.78 is 6.92. The second kappa shape index (κ2) is 10.6. The number of hydrogen-bond donors (Lipinski definition) is 0. The lowest BCUT2D eigenvalue weighted by molar-refractivity contribution is 0.104. The molecule has 1 aromatic carbocycles. The van der Waals surface area contributed by atoms with E-state index in [1.165, 1.54) is 11.3 Å². The number of halogens is 1. The number of ether oxygens (including phenoxy) is 1. The number of alkyl halides is 1. The zero-order valence-electron chi connectivity index (χ0n) is 18.6. The number of aryl methyl sites for hydroxylation is 1. The zero-order valence-corrected chi connectivity index (χ0v) is 20.2. The van der Waals surface area contributed by atoms with Gasteiger partial charge in [0.2, 0.25) is 5.78 Å². The van der Waals surface area contributed by atoms with Gasteiger partial charge in [0.1, 0.15) is 6.61 Å². The second-order valence-corrected chi connectivity index (χ2v) is 8.79. The molecule has 34 heavy (non-hydrogen) atoms. The number of carbonyl (C=O) groups is 2. The van der Waals surface area contributed by atoms with Crippen LogP contribution in [0.1, 0.15) is 27.3 Å². The van der Waals surface area contributed by atoms with Crippen LogP contribution in [0.4, 0.5) is 10.5 Å². The van der Waals surface area contributed by atoms with E-state index in [0.717, 1.165) is 17.0 Å². The number of fused-ring (bicyclic) bond motifs is 1. The van der Waals surface area contributed by atoms with Gasteiger partial charge in [0.25, 0.3) is 0 Å². The van der Waals surface area contributed by atoms with E-state index in [4.69, 9.17) is 16.3 Å². The average molecular weight is 495 g/mol. The molecule has 9 heteroatoms. The summed E-state index contributed by atoms with van der Waals surface area (Å²) in [6.45, 7) is 6.17. The summed E-state index contributed by atoms with van der Waals surface area (Å²) in [5.74, 6) is 0.113. The predicted octanol–water partition coefficient (Wildman–Crippen LogP) is 5.76. The Morgan fingerprint density at radius 1 is 1.26 bits per heavy atom. The lowest BCUT2D eigenvalue weighted by Crippen LogP contribution is -2.32. The Kier molecular flexibility index (Phi) is 7.40. The second-order valence-electron chi connectivity index (χ2n) is 7.47. The van der Waals surface area contributed by atoms with Crippen LogP contribution < -0.4 is 4.90 Å². The minimum absolute atomic E-state index is 0.111. The lowest BCUT2D eigenvalue weighted by Gasteiger charge is -2.22. The third kappa shape index (κ3) is 4.88. The van der Waals surface area contributed by atoms with Crippen molar-refractivity contribution >= 4 is 46.1 Å². The van der Waals surface area contributed by atoms with E-state index in [0.29, 0.717) is 34.7 Å². The maximum atomic E-state index is 13.0. The number of anilines is 1. The number of hydrogen-bond acceptors (Lipinski definition) is 6. The van der Waals surface area contributed by atoms with E-state index in [1.54, 1.807) is 27.8 Å². The smallest absolute Gasteiger partial charge is 0.414 e. The van der Waals surface area contributed by atoms with E-state index < -0.39 is 6.09 Å².